The van der Waals surface area contributed by atoms with E-state index in [1.807, 2.05) is 31.2 Å². The molecule has 0 saturated heterocycles. The van der Waals surface area contributed by atoms with Crippen LogP contribution < -0.4 is 9.62 Å². The zero-order chi connectivity index (χ0) is 22.0. The molecule has 0 heterocycles. The van der Waals surface area contributed by atoms with E-state index in [9.17, 15) is 17.6 Å². The molecule has 0 radical (unpaired) electrons. The van der Waals surface area contributed by atoms with E-state index in [1.165, 1.54) is 24.6 Å². The van der Waals surface area contributed by atoms with E-state index in [0.717, 1.165) is 28.3 Å². The van der Waals surface area contributed by atoms with E-state index >= 15 is 0 Å². The molecule has 0 aliphatic rings. The fourth-order valence-corrected chi connectivity index (χ4v) is 4.26. The molecule has 2 aromatic carbocycles. The number of hydrogen-bond acceptors (Lipinski definition) is 3. The number of benzene rings is 2. The van der Waals surface area contributed by atoms with Gasteiger partial charge in [0.05, 0.1) is 18.0 Å². The van der Waals surface area contributed by atoms with Gasteiger partial charge in [0.25, 0.3) is 0 Å². The van der Waals surface area contributed by atoms with Crippen molar-refractivity contribution in [2.45, 2.75) is 52.1 Å². The molecular weight excluding hydrogens is 391 g/mol. The third kappa shape index (κ3) is 5.79. The van der Waals surface area contributed by atoms with E-state index in [1.54, 1.807) is 0 Å². The highest BCUT2D eigenvalue weighted by Crippen LogP contribution is 2.25. The Morgan fingerprint density at radius 2 is 1.52 bits per heavy atom. The lowest BCUT2D eigenvalue weighted by molar-refractivity contribution is -0.122. The maximum absolute atomic E-state index is 13.2. The van der Waals surface area contributed by atoms with Gasteiger partial charge in [-0.15, -0.1) is 0 Å². The molecular formula is C22H29FN2O3S. The Kier molecular flexibility index (Phi) is 6.73. The SMILES string of the molecule is C[C@@H](NC(=O)[C@H](C)N(c1ccc(F)cc1)S(C)(=O)=O)c1ccc(C(C)(C)C)cc1. The quantitative estimate of drug-likeness (QED) is 0.763. The maximum atomic E-state index is 13.2. The standard InChI is InChI=1S/C22H29FN2O3S/c1-15(17-7-9-18(10-8-17)22(3,4)5)24-21(26)16(2)25(29(6,27)28)20-13-11-19(23)12-14-20/h7-16H,1-6H3,(H,24,26)/t15-,16+/m1/s1. The summed E-state index contributed by atoms with van der Waals surface area (Å²) < 4.78 is 38.8. The van der Waals surface area contributed by atoms with Crippen molar-refractivity contribution in [3.05, 3.63) is 65.5 Å². The zero-order valence-electron chi connectivity index (χ0n) is 17.7. The molecule has 0 aromatic heterocycles. The monoisotopic (exact) mass is 420 g/mol. The topological polar surface area (TPSA) is 66.5 Å². The first-order valence-electron chi connectivity index (χ1n) is 9.46. The highest BCUT2D eigenvalue weighted by molar-refractivity contribution is 7.92. The first kappa shape index (κ1) is 22.9. The Morgan fingerprint density at radius 1 is 1.00 bits per heavy atom. The summed E-state index contributed by atoms with van der Waals surface area (Å²) in [6.45, 7) is 9.74. The van der Waals surface area contributed by atoms with Gasteiger partial charge in [0.2, 0.25) is 15.9 Å². The molecule has 5 nitrogen and oxygen atoms in total. The molecule has 7 heteroatoms. The number of nitrogens with zero attached hydrogens (tertiary/aromatic N) is 1. The molecule has 2 atom stereocenters. The number of anilines is 1. The molecule has 0 bridgehead atoms. The van der Waals surface area contributed by atoms with Crippen molar-refractivity contribution >= 4 is 21.6 Å². The van der Waals surface area contributed by atoms with Gasteiger partial charge in [-0.3, -0.25) is 9.10 Å². The van der Waals surface area contributed by atoms with Crippen LogP contribution in [0.25, 0.3) is 0 Å². The molecule has 1 N–H and O–H groups in total. The van der Waals surface area contributed by atoms with Crippen LogP contribution in [-0.4, -0.2) is 26.6 Å². The van der Waals surface area contributed by atoms with E-state index < -0.39 is 27.8 Å². The predicted octanol–water partition coefficient (Wildman–Crippen LogP) is 4.16. The number of hydrogen-bond donors (Lipinski definition) is 1. The second-order valence-corrected chi connectivity index (χ2v) is 10.2. The Balaban J connectivity index is 2.19. The second kappa shape index (κ2) is 8.53. The summed E-state index contributed by atoms with van der Waals surface area (Å²) in [7, 11) is -3.75. The van der Waals surface area contributed by atoms with Crippen LogP contribution in [0.4, 0.5) is 10.1 Å². The zero-order valence-corrected chi connectivity index (χ0v) is 18.5. The van der Waals surface area contributed by atoms with Gasteiger partial charge in [-0.25, -0.2) is 12.8 Å². The molecule has 0 unspecified atom stereocenters. The third-order valence-electron chi connectivity index (χ3n) is 4.81. The smallest absolute Gasteiger partial charge is 0.244 e. The predicted molar refractivity (Wildman–Crippen MR) is 115 cm³/mol. The largest absolute Gasteiger partial charge is 0.348 e. The lowest BCUT2D eigenvalue weighted by Crippen LogP contribution is -2.48. The molecule has 2 rings (SSSR count). The molecule has 1 amide bonds. The summed E-state index contributed by atoms with van der Waals surface area (Å²) in [4.78, 5) is 12.8. The van der Waals surface area contributed by atoms with E-state index in [4.69, 9.17) is 0 Å². The molecule has 0 aliphatic heterocycles. The van der Waals surface area contributed by atoms with Crippen LogP contribution in [0, 0.1) is 5.82 Å². The minimum atomic E-state index is -3.75. The highest BCUT2D eigenvalue weighted by Gasteiger charge is 2.30. The van der Waals surface area contributed by atoms with Crippen LogP contribution in [0.15, 0.2) is 48.5 Å². The van der Waals surface area contributed by atoms with Crippen molar-refractivity contribution in [3.63, 3.8) is 0 Å². The van der Waals surface area contributed by atoms with Crippen molar-refractivity contribution in [1.29, 1.82) is 0 Å². The average molecular weight is 421 g/mol. The maximum Gasteiger partial charge on any atom is 0.244 e. The minimum Gasteiger partial charge on any atom is -0.348 e. The lowest BCUT2D eigenvalue weighted by atomic mass is 9.86. The number of amides is 1. The van der Waals surface area contributed by atoms with Crippen LogP contribution in [0.1, 0.15) is 51.8 Å². The van der Waals surface area contributed by atoms with Crippen LogP contribution in [-0.2, 0) is 20.2 Å². The van der Waals surface area contributed by atoms with Gasteiger partial charge in [-0.1, -0.05) is 45.0 Å². The summed E-state index contributed by atoms with van der Waals surface area (Å²) in [5, 5.41) is 2.87. The molecule has 0 fully saturated rings. The molecule has 2 aromatic rings. The van der Waals surface area contributed by atoms with E-state index in [-0.39, 0.29) is 17.1 Å². The average Bonchev–Trinajstić information content (AvgIpc) is 2.61. The number of nitrogens with one attached hydrogen (secondary N) is 1. The van der Waals surface area contributed by atoms with E-state index in [0.29, 0.717) is 0 Å². The van der Waals surface area contributed by atoms with Crippen LogP contribution in [0.2, 0.25) is 0 Å². The van der Waals surface area contributed by atoms with Crippen molar-refractivity contribution in [1.82, 2.24) is 5.32 Å². The van der Waals surface area contributed by atoms with Gasteiger partial charge in [0.15, 0.2) is 0 Å². The van der Waals surface area contributed by atoms with Gasteiger partial charge >= 0.3 is 0 Å². The number of halogens is 1. The van der Waals surface area contributed by atoms with Gasteiger partial charge < -0.3 is 5.32 Å². The van der Waals surface area contributed by atoms with Crippen LogP contribution in [0.3, 0.4) is 0 Å². The number of rotatable bonds is 6. The Morgan fingerprint density at radius 3 is 1.97 bits per heavy atom. The Labute approximate surface area is 173 Å². The Hall–Kier alpha value is -2.41. The molecule has 158 valence electrons. The van der Waals surface area contributed by atoms with Crippen LogP contribution >= 0.6 is 0 Å². The summed E-state index contributed by atoms with van der Waals surface area (Å²) in [6, 6.07) is 11.7. The first-order valence-corrected chi connectivity index (χ1v) is 11.3. The number of carbonyl (C=O) groups is 1. The summed E-state index contributed by atoms with van der Waals surface area (Å²) >= 11 is 0. The van der Waals surface area contributed by atoms with Crippen molar-refractivity contribution in [2.75, 3.05) is 10.6 Å². The van der Waals surface area contributed by atoms with Crippen molar-refractivity contribution < 1.29 is 17.6 Å². The number of carbonyl (C=O) groups excluding carboxylic acids is 1. The molecule has 0 aliphatic carbocycles. The van der Waals surface area contributed by atoms with Crippen molar-refractivity contribution in [2.24, 2.45) is 0 Å². The highest BCUT2D eigenvalue weighted by atomic mass is 32.2. The summed E-state index contributed by atoms with van der Waals surface area (Å²) in [6.07, 6.45) is 1.02. The minimum absolute atomic E-state index is 0.0324. The van der Waals surface area contributed by atoms with E-state index in [2.05, 4.69) is 26.1 Å². The fraction of sp³-hybridized carbons (Fsp3) is 0.409. The van der Waals surface area contributed by atoms with Gasteiger partial charge in [0.1, 0.15) is 11.9 Å². The molecule has 29 heavy (non-hydrogen) atoms. The second-order valence-electron chi connectivity index (χ2n) is 8.31. The van der Waals surface area contributed by atoms with Gasteiger partial charge in [-0.05, 0) is 54.7 Å². The summed E-state index contributed by atoms with van der Waals surface area (Å²) in [5.41, 5.74) is 2.38. The number of sulfonamides is 1. The van der Waals surface area contributed by atoms with Gasteiger partial charge in [-0.2, -0.15) is 0 Å². The normalized spacial score (nSPS) is 14.2. The van der Waals surface area contributed by atoms with Crippen molar-refractivity contribution in [3.8, 4) is 0 Å². The van der Waals surface area contributed by atoms with Gasteiger partial charge in [0, 0.05) is 0 Å². The lowest BCUT2D eigenvalue weighted by Gasteiger charge is -2.29. The molecule has 0 saturated carbocycles. The summed E-state index contributed by atoms with van der Waals surface area (Å²) in [5.74, 6) is -0.918. The first-order chi connectivity index (χ1) is 13.3. The fourth-order valence-electron chi connectivity index (χ4n) is 3.09. The Bertz CT molecular complexity index is 949. The van der Waals surface area contributed by atoms with Crippen LogP contribution in [0.5, 0.6) is 0 Å². The third-order valence-corrected chi connectivity index (χ3v) is 6.05. The molecule has 0 spiro atoms.